The zero-order chi connectivity index (χ0) is 22.4. The van der Waals surface area contributed by atoms with Gasteiger partial charge in [-0.15, -0.1) is 0 Å². The lowest BCUT2D eigenvalue weighted by Crippen LogP contribution is -2.23. The predicted octanol–water partition coefficient (Wildman–Crippen LogP) is 5.03. The van der Waals surface area contributed by atoms with Gasteiger partial charge in [0.2, 0.25) is 15.9 Å². The molecule has 32 heavy (non-hydrogen) atoms. The highest BCUT2D eigenvalue weighted by atomic mass is 32.2. The monoisotopic (exact) mass is 446 g/mol. The number of nitrogens with zero attached hydrogens (tertiary/aromatic N) is 1. The van der Waals surface area contributed by atoms with Crippen LogP contribution in [0.15, 0.2) is 102 Å². The molecule has 0 aliphatic rings. The molecule has 3 aromatic carbocycles. The molecule has 0 aliphatic carbocycles. The number of aromatic nitrogens is 1. The van der Waals surface area contributed by atoms with Gasteiger partial charge in [0.15, 0.2) is 0 Å². The fourth-order valence-electron chi connectivity index (χ4n) is 3.12. The fourth-order valence-corrected chi connectivity index (χ4v) is 4.14. The molecule has 4 aromatic rings. The molecule has 0 bridgehead atoms. The SMILES string of the molecule is COc1ccc(-c2ccc(S(=O)(=O)NCc3cccc(Oc4ccccn4)c3)cc2)cc1. The number of rotatable bonds is 8. The molecule has 1 N–H and O–H groups in total. The van der Waals surface area contributed by atoms with Gasteiger partial charge >= 0.3 is 0 Å². The first-order valence-corrected chi connectivity index (χ1v) is 11.4. The summed E-state index contributed by atoms with van der Waals surface area (Å²) in [6.45, 7) is 0.141. The Morgan fingerprint density at radius 3 is 2.19 bits per heavy atom. The Labute approximate surface area is 187 Å². The second-order valence-electron chi connectivity index (χ2n) is 6.99. The maximum absolute atomic E-state index is 12.7. The molecule has 0 saturated carbocycles. The molecule has 0 aliphatic heterocycles. The van der Waals surface area contributed by atoms with Crippen LogP contribution in [-0.2, 0) is 16.6 Å². The smallest absolute Gasteiger partial charge is 0.240 e. The van der Waals surface area contributed by atoms with E-state index >= 15 is 0 Å². The van der Waals surface area contributed by atoms with Crippen LogP contribution in [-0.4, -0.2) is 20.5 Å². The minimum atomic E-state index is -3.66. The van der Waals surface area contributed by atoms with E-state index in [9.17, 15) is 8.42 Å². The Morgan fingerprint density at radius 1 is 0.812 bits per heavy atom. The van der Waals surface area contributed by atoms with Crippen molar-refractivity contribution in [2.75, 3.05) is 7.11 Å². The van der Waals surface area contributed by atoms with Crippen molar-refractivity contribution in [3.63, 3.8) is 0 Å². The van der Waals surface area contributed by atoms with Crippen LogP contribution >= 0.6 is 0 Å². The molecule has 0 amide bonds. The minimum Gasteiger partial charge on any atom is -0.497 e. The van der Waals surface area contributed by atoms with Gasteiger partial charge in [-0.1, -0.05) is 42.5 Å². The number of hydrogen-bond donors (Lipinski definition) is 1. The Kier molecular flexibility index (Phi) is 6.49. The molecule has 0 atom stereocenters. The van der Waals surface area contributed by atoms with Gasteiger partial charge in [0.25, 0.3) is 0 Å². The normalized spacial score (nSPS) is 11.2. The average Bonchev–Trinajstić information content (AvgIpc) is 2.84. The summed E-state index contributed by atoms with van der Waals surface area (Å²) in [5.41, 5.74) is 2.68. The maximum atomic E-state index is 12.7. The van der Waals surface area contributed by atoms with E-state index in [0.717, 1.165) is 22.4 Å². The van der Waals surface area contributed by atoms with Crippen molar-refractivity contribution in [3.8, 4) is 28.5 Å². The third-order valence-corrected chi connectivity index (χ3v) is 6.23. The number of hydrogen-bond acceptors (Lipinski definition) is 5. The predicted molar refractivity (Wildman–Crippen MR) is 123 cm³/mol. The van der Waals surface area contributed by atoms with Crippen molar-refractivity contribution in [2.24, 2.45) is 0 Å². The quantitative estimate of drug-likeness (QED) is 0.411. The Morgan fingerprint density at radius 2 is 1.53 bits per heavy atom. The first-order valence-electron chi connectivity index (χ1n) is 9.95. The molecule has 7 heteroatoms. The molecular weight excluding hydrogens is 424 g/mol. The summed E-state index contributed by atoms with van der Waals surface area (Å²) in [6.07, 6.45) is 1.65. The van der Waals surface area contributed by atoms with Gasteiger partial charge in [0, 0.05) is 18.8 Å². The zero-order valence-electron chi connectivity index (χ0n) is 17.4. The molecule has 0 fully saturated rings. The van der Waals surface area contributed by atoms with E-state index in [4.69, 9.17) is 9.47 Å². The second-order valence-corrected chi connectivity index (χ2v) is 8.76. The van der Waals surface area contributed by atoms with Crippen LogP contribution in [0.25, 0.3) is 11.1 Å². The van der Waals surface area contributed by atoms with E-state index in [-0.39, 0.29) is 11.4 Å². The van der Waals surface area contributed by atoms with E-state index < -0.39 is 10.0 Å². The second kappa shape index (κ2) is 9.64. The molecule has 0 unspecified atom stereocenters. The van der Waals surface area contributed by atoms with E-state index in [1.165, 1.54) is 0 Å². The third kappa shape index (κ3) is 5.32. The van der Waals surface area contributed by atoms with Crippen LogP contribution < -0.4 is 14.2 Å². The summed E-state index contributed by atoms with van der Waals surface area (Å²) in [5.74, 6) is 1.83. The van der Waals surface area contributed by atoms with Gasteiger partial charge < -0.3 is 9.47 Å². The number of sulfonamides is 1. The molecule has 6 nitrogen and oxygen atoms in total. The van der Waals surface area contributed by atoms with Gasteiger partial charge in [-0.25, -0.2) is 18.1 Å². The summed E-state index contributed by atoms with van der Waals surface area (Å²) in [7, 11) is -2.05. The zero-order valence-corrected chi connectivity index (χ0v) is 18.2. The average molecular weight is 447 g/mol. The van der Waals surface area contributed by atoms with Crippen molar-refractivity contribution in [3.05, 3.63) is 103 Å². The van der Waals surface area contributed by atoms with Crippen molar-refractivity contribution >= 4 is 10.0 Å². The lowest BCUT2D eigenvalue weighted by Gasteiger charge is -2.10. The lowest BCUT2D eigenvalue weighted by atomic mass is 10.1. The lowest BCUT2D eigenvalue weighted by molar-refractivity contribution is 0.415. The van der Waals surface area contributed by atoms with Crippen LogP contribution in [0.5, 0.6) is 17.4 Å². The van der Waals surface area contributed by atoms with Gasteiger partial charge in [0.05, 0.1) is 12.0 Å². The van der Waals surface area contributed by atoms with E-state index in [1.807, 2.05) is 48.5 Å². The van der Waals surface area contributed by atoms with E-state index in [2.05, 4.69) is 9.71 Å². The molecule has 0 spiro atoms. The summed E-state index contributed by atoms with van der Waals surface area (Å²) < 4.78 is 39.0. The van der Waals surface area contributed by atoms with Crippen LogP contribution in [0.4, 0.5) is 0 Å². The topological polar surface area (TPSA) is 77.5 Å². The van der Waals surface area contributed by atoms with E-state index in [1.54, 1.807) is 55.8 Å². The van der Waals surface area contributed by atoms with Crippen molar-refractivity contribution < 1.29 is 17.9 Å². The molecular formula is C25H22N2O4S. The standard InChI is InChI=1S/C25H22N2O4S/c1-30-22-12-8-20(9-13-22)21-10-14-24(15-11-21)32(28,29)27-18-19-5-4-6-23(17-19)31-25-7-2-3-16-26-25/h2-17,27H,18H2,1H3. The first-order chi connectivity index (χ1) is 15.5. The number of ether oxygens (including phenoxy) is 2. The van der Waals surface area contributed by atoms with Gasteiger partial charge in [0.1, 0.15) is 11.5 Å². The van der Waals surface area contributed by atoms with Crippen molar-refractivity contribution in [1.29, 1.82) is 0 Å². The molecule has 162 valence electrons. The highest BCUT2D eigenvalue weighted by Gasteiger charge is 2.14. The Balaban J connectivity index is 1.42. The fraction of sp³-hybridized carbons (Fsp3) is 0.0800. The Hall–Kier alpha value is -3.68. The number of pyridine rings is 1. The highest BCUT2D eigenvalue weighted by Crippen LogP contribution is 2.24. The molecule has 1 aromatic heterocycles. The third-order valence-electron chi connectivity index (χ3n) is 4.81. The summed E-state index contributed by atoms with van der Waals surface area (Å²) in [4.78, 5) is 4.33. The van der Waals surface area contributed by atoms with Crippen LogP contribution in [0.3, 0.4) is 0 Å². The molecule has 0 radical (unpaired) electrons. The van der Waals surface area contributed by atoms with Gasteiger partial charge in [-0.3, -0.25) is 0 Å². The summed E-state index contributed by atoms with van der Waals surface area (Å²) in [5, 5.41) is 0. The van der Waals surface area contributed by atoms with Crippen LogP contribution in [0.1, 0.15) is 5.56 Å². The molecule has 1 heterocycles. The largest absolute Gasteiger partial charge is 0.497 e. The van der Waals surface area contributed by atoms with Crippen molar-refractivity contribution in [2.45, 2.75) is 11.4 Å². The van der Waals surface area contributed by atoms with Crippen LogP contribution in [0.2, 0.25) is 0 Å². The van der Waals surface area contributed by atoms with Crippen molar-refractivity contribution in [1.82, 2.24) is 9.71 Å². The molecule has 4 rings (SSSR count). The maximum Gasteiger partial charge on any atom is 0.240 e. The summed E-state index contributed by atoms with van der Waals surface area (Å²) in [6, 6.07) is 27.0. The van der Waals surface area contributed by atoms with Gasteiger partial charge in [-0.2, -0.15) is 0 Å². The van der Waals surface area contributed by atoms with E-state index in [0.29, 0.717) is 11.6 Å². The number of benzene rings is 3. The number of methoxy groups -OCH3 is 1. The van der Waals surface area contributed by atoms with Crippen LogP contribution in [0, 0.1) is 0 Å². The summed E-state index contributed by atoms with van der Waals surface area (Å²) >= 11 is 0. The first kappa shape index (κ1) is 21.5. The minimum absolute atomic E-state index is 0.141. The Bertz CT molecular complexity index is 1270. The van der Waals surface area contributed by atoms with Gasteiger partial charge in [-0.05, 0) is 59.2 Å². The highest BCUT2D eigenvalue weighted by molar-refractivity contribution is 7.89. The number of nitrogens with one attached hydrogen (secondary N) is 1. The molecule has 0 saturated heterocycles.